The zero-order valence-electron chi connectivity index (χ0n) is 14.0. The fourth-order valence-corrected chi connectivity index (χ4v) is 3.20. The van der Waals surface area contributed by atoms with Crippen molar-refractivity contribution in [1.29, 1.82) is 0 Å². The fourth-order valence-electron chi connectivity index (χ4n) is 3.20. The number of hydrogen-bond donors (Lipinski definition) is 2. The highest BCUT2D eigenvalue weighted by molar-refractivity contribution is 6.59. The third-order valence-corrected chi connectivity index (χ3v) is 4.33. The van der Waals surface area contributed by atoms with Crippen LogP contribution < -0.4 is 5.66 Å². The van der Waals surface area contributed by atoms with E-state index in [1.165, 1.54) is 0 Å². The Labute approximate surface area is 152 Å². The summed E-state index contributed by atoms with van der Waals surface area (Å²) < 4.78 is 6.00. The van der Waals surface area contributed by atoms with Crippen LogP contribution in [0.4, 0.5) is 0 Å². The van der Waals surface area contributed by atoms with Crippen molar-refractivity contribution in [2.75, 3.05) is 0 Å². The number of benzene rings is 3. The van der Waals surface area contributed by atoms with Gasteiger partial charge in [-0.15, -0.1) is 0 Å². The van der Waals surface area contributed by atoms with Gasteiger partial charge in [-0.2, -0.15) is 0 Å². The van der Waals surface area contributed by atoms with Crippen LogP contribution >= 0.6 is 0 Å². The average Bonchev–Trinajstić information content (AvgIpc) is 3.11. The van der Waals surface area contributed by atoms with E-state index in [9.17, 15) is 10.0 Å². The van der Waals surface area contributed by atoms with E-state index in [1.54, 1.807) is 0 Å². The molecule has 2 N–H and O–H groups in total. The predicted octanol–water partition coefficient (Wildman–Crippen LogP) is 3.96. The molecule has 3 aromatic carbocycles. The molecular formula is C22H17BO3. The van der Waals surface area contributed by atoms with Crippen molar-refractivity contribution in [3.63, 3.8) is 0 Å². The lowest BCUT2D eigenvalue weighted by Crippen LogP contribution is -2.30. The van der Waals surface area contributed by atoms with E-state index in [0.717, 1.165) is 22.3 Å². The van der Waals surface area contributed by atoms with Gasteiger partial charge in [0.2, 0.25) is 0 Å². The van der Waals surface area contributed by atoms with Gasteiger partial charge < -0.3 is 14.5 Å². The second kappa shape index (κ2) is 7.04. The van der Waals surface area contributed by atoms with Crippen LogP contribution in [0.15, 0.2) is 95.4 Å². The standard InChI is InChI=1S/C22H17BO3/c24-23(25)22-20(17-12-6-2-7-13-17)19(16-10-4-1-5-11-16)21(26-22)18-14-8-3-9-15-18/h1-15,24-25H. The summed E-state index contributed by atoms with van der Waals surface area (Å²) in [6, 6.07) is 29.2. The second-order valence-electron chi connectivity index (χ2n) is 6.02. The van der Waals surface area contributed by atoms with Crippen molar-refractivity contribution >= 4 is 12.8 Å². The van der Waals surface area contributed by atoms with E-state index in [-0.39, 0.29) is 5.66 Å². The van der Waals surface area contributed by atoms with Gasteiger partial charge in [-0.3, -0.25) is 0 Å². The Morgan fingerprint density at radius 3 is 1.42 bits per heavy atom. The van der Waals surface area contributed by atoms with Gasteiger partial charge >= 0.3 is 7.12 Å². The van der Waals surface area contributed by atoms with Crippen LogP contribution in [-0.2, 0) is 0 Å². The first-order chi connectivity index (χ1) is 12.8. The molecule has 0 radical (unpaired) electrons. The Hall–Kier alpha value is -3.08. The summed E-state index contributed by atoms with van der Waals surface area (Å²) in [5.74, 6) is 0.624. The SMILES string of the molecule is OB(O)c1oc(-c2ccccc2)c(-c2ccccc2)c1-c1ccccc1. The molecule has 0 fully saturated rings. The molecule has 0 amide bonds. The number of furan rings is 1. The van der Waals surface area contributed by atoms with E-state index < -0.39 is 7.12 Å². The summed E-state index contributed by atoms with van der Waals surface area (Å²) >= 11 is 0. The van der Waals surface area contributed by atoms with Gasteiger partial charge in [-0.25, -0.2) is 0 Å². The maximum atomic E-state index is 9.96. The van der Waals surface area contributed by atoms with Crippen LogP contribution in [0.5, 0.6) is 0 Å². The first kappa shape index (κ1) is 16.4. The second-order valence-corrected chi connectivity index (χ2v) is 6.02. The van der Waals surface area contributed by atoms with Crippen LogP contribution in [0.1, 0.15) is 0 Å². The Kier molecular flexibility index (Phi) is 4.44. The van der Waals surface area contributed by atoms with Crippen molar-refractivity contribution < 1.29 is 14.5 Å². The van der Waals surface area contributed by atoms with Gasteiger partial charge in [-0.1, -0.05) is 91.0 Å². The molecule has 4 rings (SSSR count). The molecule has 4 heteroatoms. The van der Waals surface area contributed by atoms with Crippen molar-refractivity contribution in [2.45, 2.75) is 0 Å². The van der Waals surface area contributed by atoms with Crippen LogP contribution in [0.25, 0.3) is 33.6 Å². The summed E-state index contributed by atoms with van der Waals surface area (Å²) in [6.45, 7) is 0. The highest BCUT2D eigenvalue weighted by Gasteiger charge is 2.29. The molecule has 0 atom stereocenters. The molecule has 1 aromatic heterocycles. The van der Waals surface area contributed by atoms with Crippen molar-refractivity contribution in [1.82, 2.24) is 0 Å². The average molecular weight is 340 g/mol. The molecule has 0 aliphatic carbocycles. The van der Waals surface area contributed by atoms with Crippen LogP contribution in [0.3, 0.4) is 0 Å². The van der Waals surface area contributed by atoms with Gasteiger partial charge in [0.05, 0.1) is 0 Å². The molecule has 0 saturated heterocycles. The van der Waals surface area contributed by atoms with Gasteiger partial charge in [-0.05, 0) is 11.1 Å². The molecule has 0 aliphatic heterocycles. The topological polar surface area (TPSA) is 53.6 Å². The lowest BCUT2D eigenvalue weighted by Gasteiger charge is -2.08. The number of rotatable bonds is 4. The maximum absolute atomic E-state index is 9.96. The molecule has 0 aliphatic rings. The molecule has 4 aromatic rings. The molecular weight excluding hydrogens is 323 g/mol. The third-order valence-electron chi connectivity index (χ3n) is 4.33. The van der Waals surface area contributed by atoms with Gasteiger partial charge in [0.1, 0.15) is 11.4 Å². The van der Waals surface area contributed by atoms with Crippen LogP contribution in [0, 0.1) is 0 Å². The van der Waals surface area contributed by atoms with Crippen LogP contribution in [0.2, 0.25) is 0 Å². The normalized spacial score (nSPS) is 10.7. The zero-order valence-corrected chi connectivity index (χ0v) is 14.0. The largest absolute Gasteiger partial charge is 0.527 e. The lowest BCUT2D eigenvalue weighted by atomic mass is 9.80. The molecule has 1 heterocycles. The summed E-state index contributed by atoms with van der Waals surface area (Å²) in [6.07, 6.45) is 0. The molecule has 0 unspecified atom stereocenters. The van der Waals surface area contributed by atoms with E-state index in [4.69, 9.17) is 4.42 Å². The highest BCUT2D eigenvalue weighted by Crippen LogP contribution is 2.40. The zero-order chi connectivity index (χ0) is 17.9. The van der Waals surface area contributed by atoms with Gasteiger partial charge in [0, 0.05) is 16.7 Å². The Balaban J connectivity index is 2.08. The minimum atomic E-state index is -1.70. The quantitative estimate of drug-likeness (QED) is 0.553. The van der Waals surface area contributed by atoms with Gasteiger partial charge in [0.25, 0.3) is 0 Å². The molecule has 0 saturated carbocycles. The molecule has 3 nitrogen and oxygen atoms in total. The third kappa shape index (κ3) is 2.97. The summed E-state index contributed by atoms with van der Waals surface area (Å²) in [4.78, 5) is 0. The van der Waals surface area contributed by atoms with Crippen molar-refractivity contribution in [3.05, 3.63) is 91.0 Å². The smallest absolute Gasteiger partial charge is 0.463 e. The Morgan fingerprint density at radius 1 is 0.538 bits per heavy atom. The number of hydrogen-bond acceptors (Lipinski definition) is 3. The fraction of sp³-hybridized carbons (Fsp3) is 0. The first-order valence-corrected chi connectivity index (χ1v) is 8.45. The highest BCUT2D eigenvalue weighted by atomic mass is 16.4. The lowest BCUT2D eigenvalue weighted by molar-refractivity contribution is 0.411. The summed E-state index contributed by atoms with van der Waals surface area (Å²) in [5, 5.41) is 19.9. The minimum Gasteiger partial charge on any atom is -0.463 e. The molecule has 26 heavy (non-hydrogen) atoms. The Morgan fingerprint density at radius 2 is 0.962 bits per heavy atom. The van der Waals surface area contributed by atoms with Crippen molar-refractivity contribution in [3.8, 4) is 33.6 Å². The molecule has 0 bridgehead atoms. The summed E-state index contributed by atoms with van der Waals surface area (Å²) in [5.41, 5.74) is 4.42. The molecule has 0 spiro atoms. The van der Waals surface area contributed by atoms with Crippen molar-refractivity contribution in [2.24, 2.45) is 0 Å². The van der Waals surface area contributed by atoms with E-state index in [1.807, 2.05) is 91.0 Å². The van der Waals surface area contributed by atoms with E-state index in [2.05, 4.69) is 0 Å². The predicted molar refractivity (Wildman–Crippen MR) is 105 cm³/mol. The monoisotopic (exact) mass is 340 g/mol. The molecule has 126 valence electrons. The minimum absolute atomic E-state index is 0.147. The van der Waals surface area contributed by atoms with Crippen LogP contribution in [-0.4, -0.2) is 17.2 Å². The maximum Gasteiger partial charge on any atom is 0.527 e. The summed E-state index contributed by atoms with van der Waals surface area (Å²) in [7, 11) is -1.70. The van der Waals surface area contributed by atoms with E-state index in [0.29, 0.717) is 11.3 Å². The van der Waals surface area contributed by atoms with E-state index >= 15 is 0 Å². The Bertz CT molecular complexity index is 994. The first-order valence-electron chi connectivity index (χ1n) is 8.45. The van der Waals surface area contributed by atoms with Gasteiger partial charge in [0.15, 0.2) is 0 Å².